The normalized spacial score (nSPS) is 12.2. The van der Waals surface area contributed by atoms with Crippen molar-refractivity contribution in [3.8, 4) is 11.5 Å². The van der Waals surface area contributed by atoms with Crippen molar-refractivity contribution < 1.29 is 9.21 Å². The molecule has 1 atom stereocenters. The van der Waals surface area contributed by atoms with Crippen molar-refractivity contribution in [3.63, 3.8) is 0 Å². The lowest BCUT2D eigenvalue weighted by atomic mass is 10.1. The topological polar surface area (TPSA) is 68.0 Å². The van der Waals surface area contributed by atoms with Crippen molar-refractivity contribution in [3.05, 3.63) is 34.6 Å². The molecule has 1 aromatic carbocycles. The van der Waals surface area contributed by atoms with Crippen molar-refractivity contribution in [2.24, 2.45) is 5.92 Å². The van der Waals surface area contributed by atoms with E-state index in [-0.39, 0.29) is 18.4 Å². The summed E-state index contributed by atoms with van der Waals surface area (Å²) in [5, 5.41) is 10.7. The van der Waals surface area contributed by atoms with E-state index in [0.717, 1.165) is 16.5 Å². The molecule has 6 heteroatoms. The van der Waals surface area contributed by atoms with Crippen LogP contribution in [0, 0.1) is 5.92 Å². The lowest BCUT2D eigenvalue weighted by Gasteiger charge is -2.07. The second-order valence-corrected chi connectivity index (χ2v) is 5.45. The van der Waals surface area contributed by atoms with E-state index in [1.807, 2.05) is 38.1 Å². The van der Waals surface area contributed by atoms with Crippen LogP contribution in [0.25, 0.3) is 11.5 Å². The summed E-state index contributed by atoms with van der Waals surface area (Å²) in [6.45, 7) is 4.11. The predicted octanol–water partition coefficient (Wildman–Crippen LogP) is 3.16. The third-order valence-corrected chi connectivity index (χ3v) is 3.51. The average molecular weight is 338 g/mol. The Labute approximate surface area is 125 Å². The van der Waals surface area contributed by atoms with E-state index in [0.29, 0.717) is 11.8 Å². The summed E-state index contributed by atoms with van der Waals surface area (Å²) in [4.78, 5) is 11.7. The van der Waals surface area contributed by atoms with Gasteiger partial charge in [0.1, 0.15) is 0 Å². The molecule has 2 rings (SSSR count). The predicted molar refractivity (Wildman–Crippen MR) is 78.7 cm³/mol. The fraction of sp³-hybridized carbons (Fsp3) is 0.357. The minimum absolute atomic E-state index is 0.00490. The molecule has 0 radical (unpaired) electrons. The van der Waals surface area contributed by atoms with Crippen molar-refractivity contribution in [1.29, 1.82) is 0 Å². The van der Waals surface area contributed by atoms with Gasteiger partial charge in [0.25, 0.3) is 0 Å². The Morgan fingerprint density at radius 3 is 2.95 bits per heavy atom. The molecular formula is C14H16BrN3O2. The molecule has 106 valence electrons. The largest absolute Gasteiger partial charge is 0.419 e. The van der Waals surface area contributed by atoms with E-state index in [2.05, 4.69) is 31.4 Å². The van der Waals surface area contributed by atoms with Crippen LogP contribution in [0.1, 0.15) is 26.2 Å². The van der Waals surface area contributed by atoms with Crippen molar-refractivity contribution in [2.45, 2.75) is 26.8 Å². The van der Waals surface area contributed by atoms with Gasteiger partial charge in [0.05, 0.1) is 6.54 Å². The lowest BCUT2D eigenvalue weighted by Crippen LogP contribution is -2.28. The molecule has 5 nitrogen and oxygen atoms in total. The molecule has 1 N–H and O–H groups in total. The Morgan fingerprint density at radius 2 is 2.25 bits per heavy atom. The van der Waals surface area contributed by atoms with Gasteiger partial charge < -0.3 is 9.73 Å². The number of carbonyl (C=O) groups excluding carboxylic acids is 1. The Hall–Kier alpha value is -1.69. The fourth-order valence-corrected chi connectivity index (χ4v) is 1.98. The number of rotatable bonds is 5. The summed E-state index contributed by atoms with van der Waals surface area (Å²) < 4.78 is 6.47. The van der Waals surface area contributed by atoms with Gasteiger partial charge in [0.15, 0.2) is 0 Å². The van der Waals surface area contributed by atoms with E-state index in [1.54, 1.807) is 0 Å². The molecule has 0 fully saturated rings. The number of hydrogen-bond donors (Lipinski definition) is 1. The van der Waals surface area contributed by atoms with Crippen LogP contribution < -0.4 is 5.32 Å². The van der Waals surface area contributed by atoms with Crippen LogP contribution in [0.2, 0.25) is 0 Å². The van der Waals surface area contributed by atoms with Gasteiger partial charge in [0, 0.05) is 16.0 Å². The molecule has 0 aliphatic carbocycles. The molecule has 1 aromatic heterocycles. The summed E-state index contributed by atoms with van der Waals surface area (Å²) in [5.41, 5.74) is 0.839. The molecule has 0 aliphatic heterocycles. The van der Waals surface area contributed by atoms with Gasteiger partial charge >= 0.3 is 0 Å². The number of amides is 1. The number of benzene rings is 1. The van der Waals surface area contributed by atoms with E-state index in [4.69, 9.17) is 4.42 Å². The maximum absolute atomic E-state index is 11.7. The summed E-state index contributed by atoms with van der Waals surface area (Å²) in [6, 6.07) is 7.61. The minimum Gasteiger partial charge on any atom is -0.419 e. The highest BCUT2D eigenvalue weighted by atomic mass is 79.9. The fourth-order valence-electron chi connectivity index (χ4n) is 1.59. The van der Waals surface area contributed by atoms with E-state index < -0.39 is 0 Å². The zero-order valence-corrected chi connectivity index (χ0v) is 13.0. The number of nitrogens with one attached hydrogen (secondary N) is 1. The monoisotopic (exact) mass is 337 g/mol. The zero-order valence-electron chi connectivity index (χ0n) is 11.4. The molecule has 0 saturated heterocycles. The molecule has 20 heavy (non-hydrogen) atoms. The average Bonchev–Trinajstić information content (AvgIpc) is 2.92. The molecular weight excluding hydrogens is 322 g/mol. The zero-order chi connectivity index (χ0) is 14.5. The first-order chi connectivity index (χ1) is 9.60. The van der Waals surface area contributed by atoms with Gasteiger partial charge in [-0.1, -0.05) is 35.8 Å². The summed E-state index contributed by atoms with van der Waals surface area (Å²) in [5.74, 6) is 0.827. The van der Waals surface area contributed by atoms with Crippen molar-refractivity contribution >= 4 is 21.8 Å². The van der Waals surface area contributed by atoms with Crippen LogP contribution in [0.4, 0.5) is 0 Å². The van der Waals surface area contributed by atoms with Gasteiger partial charge in [-0.3, -0.25) is 4.79 Å². The molecule has 0 saturated carbocycles. The first-order valence-corrected chi connectivity index (χ1v) is 7.25. The maximum atomic E-state index is 11.7. The minimum atomic E-state index is -0.0116. The van der Waals surface area contributed by atoms with Crippen LogP contribution in [0.15, 0.2) is 33.2 Å². The Balaban J connectivity index is 2.01. The van der Waals surface area contributed by atoms with Gasteiger partial charge in [-0.05, 0) is 24.6 Å². The first kappa shape index (κ1) is 14.7. The smallest absolute Gasteiger partial charge is 0.247 e. The Kier molecular flexibility index (Phi) is 4.89. The molecule has 0 bridgehead atoms. The summed E-state index contributed by atoms with van der Waals surface area (Å²) in [6.07, 6.45) is 0.805. The Morgan fingerprint density at radius 1 is 1.45 bits per heavy atom. The van der Waals surface area contributed by atoms with Crippen LogP contribution in [-0.4, -0.2) is 16.1 Å². The quantitative estimate of drug-likeness (QED) is 0.909. The molecule has 0 spiro atoms. The summed E-state index contributed by atoms with van der Waals surface area (Å²) >= 11 is 3.39. The highest BCUT2D eigenvalue weighted by molar-refractivity contribution is 9.10. The van der Waals surface area contributed by atoms with E-state index in [1.165, 1.54) is 0 Å². The molecule has 1 amide bonds. The molecule has 0 aliphatic rings. The van der Waals surface area contributed by atoms with Gasteiger partial charge in [0.2, 0.25) is 17.7 Å². The number of nitrogens with zero attached hydrogens (tertiary/aromatic N) is 2. The number of halogens is 1. The lowest BCUT2D eigenvalue weighted by molar-refractivity contribution is -0.124. The first-order valence-electron chi connectivity index (χ1n) is 6.46. The highest BCUT2D eigenvalue weighted by Crippen LogP contribution is 2.21. The van der Waals surface area contributed by atoms with Crippen LogP contribution >= 0.6 is 15.9 Å². The van der Waals surface area contributed by atoms with Gasteiger partial charge in [-0.15, -0.1) is 10.2 Å². The van der Waals surface area contributed by atoms with Crippen LogP contribution in [-0.2, 0) is 11.3 Å². The van der Waals surface area contributed by atoms with Gasteiger partial charge in [-0.25, -0.2) is 0 Å². The van der Waals surface area contributed by atoms with Crippen molar-refractivity contribution in [1.82, 2.24) is 15.5 Å². The van der Waals surface area contributed by atoms with E-state index >= 15 is 0 Å². The second-order valence-electron chi connectivity index (χ2n) is 4.54. The third kappa shape index (κ3) is 3.66. The number of hydrogen-bond acceptors (Lipinski definition) is 4. The molecule has 2 aromatic rings. The molecule has 1 heterocycles. The third-order valence-electron chi connectivity index (χ3n) is 3.01. The molecule has 0 unspecified atom stereocenters. The standard InChI is InChI=1S/C14H16BrN3O2/c1-3-9(2)13(19)16-8-12-17-18-14(20-12)10-5-4-6-11(15)7-10/h4-7,9H,3,8H2,1-2H3,(H,16,19)/t9-/m0/s1. The Bertz CT molecular complexity index is 598. The van der Waals surface area contributed by atoms with E-state index in [9.17, 15) is 4.79 Å². The highest BCUT2D eigenvalue weighted by Gasteiger charge is 2.13. The van der Waals surface area contributed by atoms with Crippen LogP contribution in [0.3, 0.4) is 0 Å². The SMILES string of the molecule is CC[C@H](C)C(=O)NCc1nnc(-c2cccc(Br)c2)o1. The summed E-state index contributed by atoms with van der Waals surface area (Å²) in [7, 11) is 0. The van der Waals surface area contributed by atoms with Crippen LogP contribution in [0.5, 0.6) is 0 Å². The van der Waals surface area contributed by atoms with Crippen molar-refractivity contribution in [2.75, 3.05) is 0 Å². The van der Waals surface area contributed by atoms with Gasteiger partial charge in [-0.2, -0.15) is 0 Å². The number of carbonyl (C=O) groups is 1. The maximum Gasteiger partial charge on any atom is 0.247 e. The second kappa shape index (κ2) is 6.65. The number of aromatic nitrogens is 2.